The summed E-state index contributed by atoms with van der Waals surface area (Å²) in [5.74, 6) is 0.723. The van der Waals surface area contributed by atoms with Crippen LogP contribution in [0.5, 0.6) is 0 Å². The average molecular weight is 259 g/mol. The van der Waals surface area contributed by atoms with E-state index in [1.165, 1.54) is 36.5 Å². The minimum Gasteiger partial charge on any atom is -0.344 e. The van der Waals surface area contributed by atoms with Gasteiger partial charge in [-0.3, -0.25) is 0 Å². The molecule has 0 radical (unpaired) electrons. The maximum atomic E-state index is 6.07. The van der Waals surface area contributed by atoms with Crippen LogP contribution >= 0.6 is 22.9 Å². The summed E-state index contributed by atoms with van der Waals surface area (Å²) in [5, 5.41) is 3.34. The maximum Gasteiger partial charge on any atom is 0.185 e. The van der Waals surface area contributed by atoms with Crippen LogP contribution in [0.3, 0.4) is 0 Å². The molecule has 0 saturated carbocycles. The van der Waals surface area contributed by atoms with Gasteiger partial charge < -0.3 is 4.90 Å². The van der Waals surface area contributed by atoms with Gasteiger partial charge in [0.05, 0.1) is 5.69 Å². The number of thiazole rings is 1. The van der Waals surface area contributed by atoms with Crippen LogP contribution in [0.4, 0.5) is 5.13 Å². The molecule has 0 bridgehead atoms. The topological polar surface area (TPSA) is 16.1 Å². The van der Waals surface area contributed by atoms with Crippen molar-refractivity contribution in [1.82, 2.24) is 4.98 Å². The lowest BCUT2D eigenvalue weighted by molar-refractivity contribution is 0.619. The molecule has 1 aliphatic heterocycles. The van der Waals surface area contributed by atoms with Crippen LogP contribution in [0.1, 0.15) is 38.3 Å². The smallest absolute Gasteiger partial charge is 0.185 e. The largest absolute Gasteiger partial charge is 0.344 e. The quantitative estimate of drug-likeness (QED) is 0.769. The molecule has 16 heavy (non-hydrogen) atoms. The van der Waals surface area contributed by atoms with Gasteiger partial charge in [-0.2, -0.15) is 0 Å². The van der Waals surface area contributed by atoms with E-state index < -0.39 is 0 Å². The molecule has 0 aromatic carbocycles. The molecule has 0 spiro atoms. The Labute approximate surface area is 107 Å². The van der Waals surface area contributed by atoms with Gasteiger partial charge in [0, 0.05) is 23.8 Å². The Balaban J connectivity index is 2.14. The normalized spacial score (nSPS) is 22.1. The van der Waals surface area contributed by atoms with E-state index in [1.807, 2.05) is 0 Å². The van der Waals surface area contributed by atoms with Gasteiger partial charge in [-0.1, -0.05) is 19.8 Å². The summed E-state index contributed by atoms with van der Waals surface area (Å²) in [6, 6.07) is 0.486. The van der Waals surface area contributed by atoms with Gasteiger partial charge in [0.1, 0.15) is 0 Å². The number of anilines is 1. The molecular formula is C12H19ClN2S. The number of aromatic nitrogens is 1. The van der Waals surface area contributed by atoms with E-state index in [4.69, 9.17) is 11.6 Å². The predicted molar refractivity (Wildman–Crippen MR) is 71.8 cm³/mol. The highest BCUT2D eigenvalue weighted by atomic mass is 35.5. The lowest BCUT2D eigenvalue weighted by atomic mass is 10.1. The Morgan fingerprint density at radius 2 is 2.38 bits per heavy atom. The lowest BCUT2D eigenvalue weighted by Gasteiger charge is -2.27. The maximum absolute atomic E-state index is 6.07. The monoisotopic (exact) mass is 258 g/mol. The van der Waals surface area contributed by atoms with E-state index in [1.54, 1.807) is 11.3 Å². The van der Waals surface area contributed by atoms with Crippen molar-refractivity contribution in [2.24, 2.45) is 0 Å². The highest BCUT2D eigenvalue weighted by molar-refractivity contribution is 7.13. The Hall–Kier alpha value is -0.280. The molecule has 2 nitrogen and oxygen atoms in total. The molecule has 1 aromatic rings. The first kappa shape index (κ1) is 12.2. The van der Waals surface area contributed by atoms with Gasteiger partial charge >= 0.3 is 0 Å². The first-order valence-electron chi connectivity index (χ1n) is 6.12. The predicted octanol–water partition coefficient (Wildman–Crippen LogP) is 3.69. The van der Waals surface area contributed by atoms with Gasteiger partial charge in [0.25, 0.3) is 0 Å². The summed E-state index contributed by atoms with van der Waals surface area (Å²) in [6.45, 7) is 3.27. The summed E-state index contributed by atoms with van der Waals surface area (Å²) in [5.41, 5.74) is 1.21. The Bertz CT molecular complexity index is 327. The van der Waals surface area contributed by atoms with Crippen molar-refractivity contribution in [3.8, 4) is 0 Å². The molecule has 1 unspecified atom stereocenters. The van der Waals surface area contributed by atoms with Gasteiger partial charge in [-0.25, -0.2) is 4.98 Å². The molecule has 0 N–H and O–H groups in total. The third kappa shape index (κ3) is 2.69. The van der Waals surface area contributed by atoms with Gasteiger partial charge in [-0.05, 0) is 19.3 Å². The van der Waals surface area contributed by atoms with Gasteiger partial charge in [0.15, 0.2) is 5.13 Å². The molecule has 4 heteroatoms. The molecule has 1 fully saturated rings. The van der Waals surface area contributed by atoms with Crippen molar-refractivity contribution in [1.29, 1.82) is 0 Å². The lowest BCUT2D eigenvalue weighted by Crippen LogP contribution is -2.36. The van der Waals surface area contributed by atoms with Crippen LogP contribution in [-0.2, 0) is 6.42 Å². The Kier molecular flexibility index (Phi) is 4.47. The minimum absolute atomic E-state index is 0.486. The number of aryl methyl sites for hydroxylation is 1. The third-order valence-electron chi connectivity index (χ3n) is 3.20. The third-order valence-corrected chi connectivity index (χ3v) is 4.49. The van der Waals surface area contributed by atoms with Crippen molar-refractivity contribution in [2.45, 2.75) is 45.1 Å². The zero-order valence-corrected chi connectivity index (χ0v) is 11.4. The Morgan fingerprint density at radius 1 is 1.50 bits per heavy atom. The van der Waals surface area contributed by atoms with Crippen LogP contribution in [0.25, 0.3) is 0 Å². The number of nitrogens with zero attached hydrogens (tertiary/aromatic N) is 2. The summed E-state index contributed by atoms with van der Waals surface area (Å²) in [6.07, 6.45) is 6.14. The fraction of sp³-hybridized carbons (Fsp3) is 0.750. The fourth-order valence-electron chi connectivity index (χ4n) is 2.18. The zero-order chi connectivity index (χ0) is 11.4. The summed E-state index contributed by atoms with van der Waals surface area (Å²) < 4.78 is 0. The minimum atomic E-state index is 0.486. The summed E-state index contributed by atoms with van der Waals surface area (Å²) >= 11 is 7.84. The zero-order valence-electron chi connectivity index (χ0n) is 9.79. The fourth-order valence-corrected chi connectivity index (χ4v) is 3.51. The molecular weight excluding hydrogens is 240 g/mol. The standard InChI is InChI=1S/C12H19ClN2S/c1-2-10-9-16-12(14-10)15-7-5-3-4-6-11(15)8-13/h9,11H,2-8H2,1H3. The second kappa shape index (κ2) is 5.87. The van der Waals surface area contributed by atoms with Crippen LogP contribution in [0.15, 0.2) is 5.38 Å². The number of halogens is 1. The molecule has 1 atom stereocenters. The van der Waals surface area contributed by atoms with Gasteiger partial charge in [0.2, 0.25) is 0 Å². The summed E-state index contributed by atoms with van der Waals surface area (Å²) in [4.78, 5) is 7.10. The molecule has 1 saturated heterocycles. The summed E-state index contributed by atoms with van der Waals surface area (Å²) in [7, 11) is 0. The second-order valence-corrected chi connectivity index (χ2v) is 5.47. The molecule has 0 amide bonds. The van der Waals surface area contributed by atoms with E-state index in [-0.39, 0.29) is 0 Å². The van der Waals surface area contributed by atoms with Crippen LogP contribution < -0.4 is 4.90 Å². The van der Waals surface area contributed by atoms with Crippen molar-refractivity contribution >= 4 is 28.1 Å². The van der Waals surface area contributed by atoms with Gasteiger partial charge in [-0.15, -0.1) is 22.9 Å². The van der Waals surface area contributed by atoms with E-state index in [0.29, 0.717) is 6.04 Å². The molecule has 1 aromatic heterocycles. The molecule has 2 heterocycles. The Morgan fingerprint density at radius 3 is 3.06 bits per heavy atom. The highest BCUT2D eigenvalue weighted by Gasteiger charge is 2.22. The number of rotatable bonds is 3. The van der Waals surface area contributed by atoms with Crippen LogP contribution in [-0.4, -0.2) is 23.5 Å². The van der Waals surface area contributed by atoms with E-state index in [2.05, 4.69) is 22.2 Å². The van der Waals surface area contributed by atoms with Crippen LogP contribution in [0, 0.1) is 0 Å². The van der Waals surface area contributed by atoms with E-state index in [9.17, 15) is 0 Å². The van der Waals surface area contributed by atoms with Crippen molar-refractivity contribution in [3.63, 3.8) is 0 Å². The SMILES string of the molecule is CCc1csc(N2CCCCCC2CCl)n1. The van der Waals surface area contributed by atoms with Crippen molar-refractivity contribution in [3.05, 3.63) is 11.1 Å². The molecule has 90 valence electrons. The van der Waals surface area contributed by atoms with E-state index >= 15 is 0 Å². The number of hydrogen-bond acceptors (Lipinski definition) is 3. The average Bonchev–Trinajstić information content (AvgIpc) is 2.66. The first-order valence-corrected chi connectivity index (χ1v) is 7.53. The first-order chi connectivity index (χ1) is 7.85. The molecule has 2 rings (SSSR count). The number of alkyl halides is 1. The van der Waals surface area contributed by atoms with Crippen LogP contribution in [0.2, 0.25) is 0 Å². The van der Waals surface area contributed by atoms with E-state index in [0.717, 1.165) is 18.8 Å². The highest BCUT2D eigenvalue weighted by Crippen LogP contribution is 2.27. The second-order valence-electron chi connectivity index (χ2n) is 4.33. The van der Waals surface area contributed by atoms with Crippen molar-refractivity contribution < 1.29 is 0 Å². The molecule has 1 aliphatic rings. The molecule has 0 aliphatic carbocycles. The van der Waals surface area contributed by atoms with Crippen molar-refractivity contribution in [2.75, 3.05) is 17.3 Å². The number of hydrogen-bond donors (Lipinski definition) is 0.